The third kappa shape index (κ3) is 2.17. The van der Waals surface area contributed by atoms with Gasteiger partial charge in [0.1, 0.15) is 0 Å². The van der Waals surface area contributed by atoms with E-state index in [1.165, 1.54) is 7.11 Å². The third-order valence-corrected chi connectivity index (χ3v) is 2.80. The monoisotopic (exact) mass is 205 g/mol. The molecule has 1 unspecified atom stereocenters. The highest BCUT2D eigenvalue weighted by molar-refractivity contribution is 5.78. The van der Waals surface area contributed by atoms with E-state index in [2.05, 4.69) is 4.98 Å². The zero-order valence-electron chi connectivity index (χ0n) is 9.06. The van der Waals surface area contributed by atoms with Crippen LogP contribution in [0.4, 0.5) is 0 Å². The summed E-state index contributed by atoms with van der Waals surface area (Å²) in [4.78, 5) is 15.8. The molecule has 15 heavy (non-hydrogen) atoms. The molecule has 0 amide bonds. The third-order valence-electron chi connectivity index (χ3n) is 2.80. The maximum atomic E-state index is 11.7. The quantitative estimate of drug-likeness (QED) is 0.709. The van der Waals surface area contributed by atoms with E-state index in [0.717, 1.165) is 24.0 Å². The molecule has 1 fully saturated rings. The summed E-state index contributed by atoms with van der Waals surface area (Å²) < 4.78 is 4.84. The first-order chi connectivity index (χ1) is 7.22. The van der Waals surface area contributed by atoms with Gasteiger partial charge in [0.15, 0.2) is 0 Å². The van der Waals surface area contributed by atoms with E-state index in [-0.39, 0.29) is 11.9 Å². The summed E-state index contributed by atoms with van der Waals surface area (Å²) in [6.45, 7) is 1.98. The second-order valence-electron chi connectivity index (χ2n) is 4.13. The number of aromatic nitrogens is 1. The number of carbonyl (C=O) groups is 1. The van der Waals surface area contributed by atoms with Crippen molar-refractivity contribution in [2.45, 2.75) is 25.7 Å². The van der Waals surface area contributed by atoms with Gasteiger partial charge in [-0.25, -0.2) is 0 Å². The van der Waals surface area contributed by atoms with Crippen LogP contribution in [0.2, 0.25) is 0 Å². The fourth-order valence-electron chi connectivity index (χ4n) is 1.91. The van der Waals surface area contributed by atoms with E-state index in [1.807, 2.05) is 13.0 Å². The Morgan fingerprint density at radius 2 is 2.27 bits per heavy atom. The van der Waals surface area contributed by atoms with Crippen molar-refractivity contribution in [1.29, 1.82) is 0 Å². The highest BCUT2D eigenvalue weighted by Crippen LogP contribution is 2.43. The molecule has 1 heterocycles. The van der Waals surface area contributed by atoms with Gasteiger partial charge in [0.25, 0.3) is 0 Å². The molecule has 80 valence electrons. The van der Waals surface area contributed by atoms with Gasteiger partial charge in [-0.05, 0) is 36.8 Å². The number of hydrogen-bond acceptors (Lipinski definition) is 3. The van der Waals surface area contributed by atoms with Crippen LogP contribution in [0.3, 0.4) is 0 Å². The van der Waals surface area contributed by atoms with Crippen LogP contribution in [-0.2, 0) is 9.53 Å². The maximum absolute atomic E-state index is 11.7. The van der Waals surface area contributed by atoms with Crippen molar-refractivity contribution in [3.63, 3.8) is 0 Å². The van der Waals surface area contributed by atoms with Crippen LogP contribution in [0.25, 0.3) is 0 Å². The molecule has 1 aliphatic rings. The number of methoxy groups -OCH3 is 1. The molecule has 1 atom stereocenters. The minimum Gasteiger partial charge on any atom is -0.469 e. The summed E-state index contributed by atoms with van der Waals surface area (Å²) in [6.07, 6.45) is 5.80. The average molecular weight is 205 g/mol. The summed E-state index contributed by atoms with van der Waals surface area (Å²) in [5.41, 5.74) is 2.08. The number of rotatable bonds is 3. The van der Waals surface area contributed by atoms with Crippen molar-refractivity contribution in [3.05, 3.63) is 29.6 Å². The van der Waals surface area contributed by atoms with Crippen molar-refractivity contribution in [2.24, 2.45) is 5.92 Å². The smallest absolute Gasteiger partial charge is 0.313 e. The maximum Gasteiger partial charge on any atom is 0.313 e. The molecular weight excluding hydrogens is 190 g/mol. The van der Waals surface area contributed by atoms with E-state index < -0.39 is 0 Å². The summed E-state index contributed by atoms with van der Waals surface area (Å²) in [6, 6.07) is 2.02. The molecule has 0 aromatic carbocycles. The number of esters is 1. The Morgan fingerprint density at radius 3 is 2.80 bits per heavy atom. The lowest BCUT2D eigenvalue weighted by Gasteiger charge is -2.13. The molecule has 0 saturated heterocycles. The fraction of sp³-hybridized carbons (Fsp3) is 0.500. The molecule has 1 aromatic rings. The van der Waals surface area contributed by atoms with Gasteiger partial charge in [-0.15, -0.1) is 0 Å². The molecule has 0 aliphatic heterocycles. The molecule has 0 radical (unpaired) electrons. The highest BCUT2D eigenvalue weighted by Gasteiger charge is 2.38. The van der Waals surface area contributed by atoms with Crippen LogP contribution in [0.1, 0.15) is 29.9 Å². The van der Waals surface area contributed by atoms with E-state index in [4.69, 9.17) is 4.74 Å². The lowest BCUT2D eigenvalue weighted by Crippen LogP contribution is -2.16. The van der Waals surface area contributed by atoms with Crippen LogP contribution in [0.15, 0.2) is 18.5 Å². The molecule has 1 saturated carbocycles. The largest absolute Gasteiger partial charge is 0.469 e. The predicted octanol–water partition coefficient (Wildman–Crippen LogP) is 2.06. The van der Waals surface area contributed by atoms with Gasteiger partial charge >= 0.3 is 5.97 Å². The first-order valence-corrected chi connectivity index (χ1v) is 5.21. The molecule has 1 aromatic heterocycles. The van der Waals surface area contributed by atoms with Crippen LogP contribution in [0, 0.1) is 12.8 Å². The average Bonchev–Trinajstić information content (AvgIpc) is 3.02. The van der Waals surface area contributed by atoms with Gasteiger partial charge in [-0.3, -0.25) is 9.78 Å². The first-order valence-electron chi connectivity index (χ1n) is 5.21. The Kier molecular flexibility index (Phi) is 2.71. The summed E-state index contributed by atoms with van der Waals surface area (Å²) in [7, 11) is 1.45. The number of carbonyl (C=O) groups excluding carboxylic acids is 1. The number of nitrogens with zero attached hydrogens (tertiary/aromatic N) is 1. The highest BCUT2D eigenvalue weighted by atomic mass is 16.5. The topological polar surface area (TPSA) is 39.2 Å². The van der Waals surface area contributed by atoms with Gasteiger partial charge in [-0.1, -0.05) is 6.07 Å². The number of pyridine rings is 1. The number of aryl methyl sites for hydroxylation is 1. The Bertz CT molecular complexity index is 372. The molecule has 0 N–H and O–H groups in total. The predicted molar refractivity (Wildman–Crippen MR) is 56.5 cm³/mol. The van der Waals surface area contributed by atoms with Crippen molar-refractivity contribution in [3.8, 4) is 0 Å². The van der Waals surface area contributed by atoms with Crippen LogP contribution in [0.5, 0.6) is 0 Å². The summed E-state index contributed by atoms with van der Waals surface area (Å²) in [5.74, 6) is 0.216. The van der Waals surface area contributed by atoms with E-state index in [1.54, 1.807) is 12.4 Å². The van der Waals surface area contributed by atoms with Crippen LogP contribution < -0.4 is 0 Å². The lowest BCUT2D eigenvalue weighted by molar-refractivity contribution is -0.143. The first kappa shape index (κ1) is 10.1. The zero-order valence-corrected chi connectivity index (χ0v) is 9.06. The molecule has 3 nitrogen and oxygen atoms in total. The standard InChI is InChI=1S/C12H15NO2/c1-8-5-10(7-13-6-8)11(9-3-4-9)12(14)15-2/h5-7,9,11H,3-4H2,1-2H3. The van der Waals surface area contributed by atoms with Crippen LogP contribution >= 0.6 is 0 Å². The molecular formula is C12H15NO2. The van der Waals surface area contributed by atoms with E-state index in [9.17, 15) is 4.79 Å². The van der Waals surface area contributed by atoms with Gasteiger partial charge in [0.05, 0.1) is 13.0 Å². The number of hydrogen-bond donors (Lipinski definition) is 0. The Hall–Kier alpha value is -1.38. The van der Waals surface area contributed by atoms with Gasteiger partial charge in [0, 0.05) is 12.4 Å². The zero-order chi connectivity index (χ0) is 10.8. The van der Waals surface area contributed by atoms with Crippen LogP contribution in [-0.4, -0.2) is 18.1 Å². The van der Waals surface area contributed by atoms with Gasteiger partial charge < -0.3 is 4.74 Å². The van der Waals surface area contributed by atoms with Crippen molar-refractivity contribution in [2.75, 3.05) is 7.11 Å². The van der Waals surface area contributed by atoms with Gasteiger partial charge in [0.2, 0.25) is 0 Å². The van der Waals surface area contributed by atoms with Crippen molar-refractivity contribution < 1.29 is 9.53 Å². The molecule has 2 rings (SSSR count). The Balaban J connectivity index is 2.27. The van der Waals surface area contributed by atoms with E-state index in [0.29, 0.717) is 5.92 Å². The number of ether oxygens (including phenoxy) is 1. The van der Waals surface area contributed by atoms with E-state index >= 15 is 0 Å². The SMILES string of the molecule is COC(=O)C(c1cncc(C)c1)C1CC1. The molecule has 3 heteroatoms. The van der Waals surface area contributed by atoms with Crippen molar-refractivity contribution in [1.82, 2.24) is 4.98 Å². The minimum atomic E-state index is -0.134. The minimum absolute atomic E-state index is 0.109. The molecule has 0 bridgehead atoms. The molecule has 0 spiro atoms. The molecule has 1 aliphatic carbocycles. The fourth-order valence-corrected chi connectivity index (χ4v) is 1.91. The van der Waals surface area contributed by atoms with Crippen molar-refractivity contribution >= 4 is 5.97 Å². The van der Waals surface area contributed by atoms with Gasteiger partial charge in [-0.2, -0.15) is 0 Å². The Morgan fingerprint density at radius 1 is 1.53 bits per heavy atom. The second-order valence-corrected chi connectivity index (χ2v) is 4.13. The normalized spacial score (nSPS) is 17.2. The Labute approximate surface area is 89.5 Å². The summed E-state index contributed by atoms with van der Waals surface area (Å²) in [5, 5.41) is 0. The second kappa shape index (κ2) is 4.01. The lowest BCUT2D eigenvalue weighted by atomic mass is 9.95. The summed E-state index contributed by atoms with van der Waals surface area (Å²) >= 11 is 0.